The van der Waals surface area contributed by atoms with Crippen LogP contribution < -0.4 is 4.90 Å². The van der Waals surface area contributed by atoms with Gasteiger partial charge in [0.15, 0.2) is 0 Å². The molecule has 1 aromatic heterocycles. The second-order valence-electron chi connectivity index (χ2n) is 6.11. The van der Waals surface area contributed by atoms with E-state index < -0.39 is 11.7 Å². The van der Waals surface area contributed by atoms with E-state index in [1.54, 1.807) is 12.1 Å². The topological polar surface area (TPSA) is 32.5 Å². The highest BCUT2D eigenvalue weighted by atomic mass is 19.4. The van der Waals surface area contributed by atoms with Crippen molar-refractivity contribution < 1.29 is 17.7 Å². The minimum absolute atomic E-state index is 0.608. The fraction of sp³-hybridized carbons (Fsp3) is 0.471. The van der Waals surface area contributed by atoms with Crippen LogP contribution in [-0.4, -0.2) is 36.2 Å². The van der Waals surface area contributed by atoms with Crippen molar-refractivity contribution in [3.63, 3.8) is 0 Å². The highest BCUT2D eigenvalue weighted by Crippen LogP contribution is 2.30. The predicted molar refractivity (Wildman–Crippen MR) is 84.9 cm³/mol. The van der Waals surface area contributed by atoms with Crippen molar-refractivity contribution in [1.29, 1.82) is 0 Å². The summed E-state index contributed by atoms with van der Waals surface area (Å²) in [5.74, 6) is 0.845. The van der Waals surface area contributed by atoms with Crippen LogP contribution >= 0.6 is 0 Å². The molecule has 4 nitrogen and oxygen atoms in total. The zero-order valence-corrected chi connectivity index (χ0v) is 13.7. The maximum absolute atomic E-state index is 12.6. The number of aryl methyl sites for hydroxylation is 2. The fourth-order valence-electron chi connectivity index (χ4n) is 2.98. The zero-order valence-electron chi connectivity index (χ0n) is 13.7. The first kappa shape index (κ1) is 16.8. The van der Waals surface area contributed by atoms with Crippen LogP contribution in [0.1, 0.15) is 22.6 Å². The number of anilines is 1. The molecule has 3 rings (SSSR count). The largest absolute Gasteiger partial charge is 0.416 e. The Bertz CT molecular complexity index is 667. The molecule has 0 unspecified atom stereocenters. The van der Waals surface area contributed by atoms with Crippen molar-refractivity contribution in [3.8, 4) is 0 Å². The number of rotatable bonds is 3. The summed E-state index contributed by atoms with van der Waals surface area (Å²) in [6, 6.07) is 5.39. The lowest BCUT2D eigenvalue weighted by Gasteiger charge is -2.36. The van der Waals surface area contributed by atoms with Crippen molar-refractivity contribution in [2.75, 3.05) is 31.1 Å². The average molecular weight is 339 g/mol. The molecule has 2 aromatic rings. The highest BCUT2D eigenvalue weighted by Gasteiger charge is 2.30. The molecular formula is C17H20F3N3O. The Balaban J connectivity index is 1.59. The third-order valence-electron chi connectivity index (χ3n) is 4.50. The Morgan fingerprint density at radius 2 is 1.67 bits per heavy atom. The first-order valence-corrected chi connectivity index (χ1v) is 7.91. The fourth-order valence-corrected chi connectivity index (χ4v) is 2.98. The van der Waals surface area contributed by atoms with Crippen LogP contribution in [0.4, 0.5) is 18.9 Å². The van der Waals surface area contributed by atoms with Gasteiger partial charge >= 0.3 is 6.18 Å². The lowest BCUT2D eigenvalue weighted by molar-refractivity contribution is -0.137. The predicted octanol–water partition coefficient (Wildman–Crippen LogP) is 3.63. The number of piperazine rings is 1. The van der Waals surface area contributed by atoms with Crippen LogP contribution in [0.3, 0.4) is 0 Å². The van der Waals surface area contributed by atoms with E-state index in [0.717, 1.165) is 67.6 Å². The number of nitrogens with zero attached hydrogens (tertiary/aromatic N) is 3. The van der Waals surface area contributed by atoms with Gasteiger partial charge in [-0.1, -0.05) is 5.16 Å². The Hall–Kier alpha value is -2.02. The van der Waals surface area contributed by atoms with Crippen molar-refractivity contribution >= 4 is 5.69 Å². The Kier molecular flexibility index (Phi) is 4.54. The molecule has 2 heterocycles. The van der Waals surface area contributed by atoms with Crippen molar-refractivity contribution in [2.24, 2.45) is 0 Å². The van der Waals surface area contributed by atoms with E-state index in [-0.39, 0.29) is 0 Å². The Labute approximate surface area is 138 Å². The summed E-state index contributed by atoms with van der Waals surface area (Å²) in [5, 5.41) is 3.97. The van der Waals surface area contributed by atoms with Gasteiger partial charge in [0.2, 0.25) is 0 Å². The van der Waals surface area contributed by atoms with Crippen LogP contribution in [0.2, 0.25) is 0 Å². The van der Waals surface area contributed by atoms with Gasteiger partial charge in [-0.25, -0.2) is 0 Å². The van der Waals surface area contributed by atoms with Gasteiger partial charge in [-0.2, -0.15) is 13.2 Å². The molecule has 0 atom stereocenters. The molecular weight excluding hydrogens is 319 g/mol. The summed E-state index contributed by atoms with van der Waals surface area (Å²) in [6.45, 7) is 7.92. The molecule has 0 saturated carbocycles. The number of halogens is 3. The van der Waals surface area contributed by atoms with Crippen molar-refractivity contribution in [2.45, 2.75) is 26.6 Å². The summed E-state index contributed by atoms with van der Waals surface area (Å²) in [6.07, 6.45) is -4.29. The summed E-state index contributed by atoms with van der Waals surface area (Å²) >= 11 is 0. The Morgan fingerprint density at radius 3 is 2.17 bits per heavy atom. The molecule has 1 aromatic carbocycles. The first-order valence-electron chi connectivity index (χ1n) is 7.91. The molecule has 1 fully saturated rings. The lowest BCUT2D eigenvalue weighted by Crippen LogP contribution is -2.46. The van der Waals surface area contributed by atoms with Gasteiger partial charge in [0.05, 0.1) is 11.3 Å². The van der Waals surface area contributed by atoms with Crippen LogP contribution in [0.15, 0.2) is 28.8 Å². The number of hydrogen-bond donors (Lipinski definition) is 0. The summed E-state index contributed by atoms with van der Waals surface area (Å²) in [4.78, 5) is 4.43. The average Bonchev–Trinajstić information content (AvgIpc) is 2.87. The van der Waals surface area contributed by atoms with Gasteiger partial charge in [-0.15, -0.1) is 0 Å². The molecule has 24 heavy (non-hydrogen) atoms. The molecule has 0 N–H and O–H groups in total. The van der Waals surface area contributed by atoms with Gasteiger partial charge in [0.1, 0.15) is 5.76 Å². The quantitative estimate of drug-likeness (QED) is 0.855. The minimum atomic E-state index is -4.29. The summed E-state index contributed by atoms with van der Waals surface area (Å²) < 4.78 is 43.1. The molecule has 1 saturated heterocycles. The third kappa shape index (κ3) is 3.56. The maximum Gasteiger partial charge on any atom is 0.416 e. The molecule has 0 aliphatic carbocycles. The van der Waals surface area contributed by atoms with Crippen LogP contribution in [-0.2, 0) is 12.7 Å². The Morgan fingerprint density at radius 1 is 1.04 bits per heavy atom. The van der Waals surface area contributed by atoms with E-state index in [9.17, 15) is 13.2 Å². The lowest BCUT2D eigenvalue weighted by atomic mass is 10.1. The second-order valence-corrected chi connectivity index (χ2v) is 6.11. The normalized spacial score (nSPS) is 16.6. The van der Waals surface area contributed by atoms with Gasteiger partial charge in [0.25, 0.3) is 0 Å². The summed E-state index contributed by atoms with van der Waals surface area (Å²) in [7, 11) is 0. The SMILES string of the molecule is Cc1noc(C)c1CN1CCN(c2ccc(C(F)(F)F)cc2)CC1. The number of alkyl halides is 3. The second kappa shape index (κ2) is 6.47. The molecule has 0 bridgehead atoms. The van der Waals surface area contributed by atoms with Gasteiger partial charge in [-0.3, -0.25) is 4.90 Å². The molecule has 1 aliphatic heterocycles. The highest BCUT2D eigenvalue weighted by molar-refractivity contribution is 5.48. The molecule has 0 amide bonds. The molecule has 0 radical (unpaired) electrons. The van der Waals surface area contributed by atoms with Gasteiger partial charge in [0, 0.05) is 44.0 Å². The van der Waals surface area contributed by atoms with Crippen molar-refractivity contribution in [3.05, 3.63) is 46.8 Å². The monoisotopic (exact) mass is 339 g/mol. The first-order chi connectivity index (χ1) is 11.3. The maximum atomic E-state index is 12.6. The van der Waals surface area contributed by atoms with Crippen molar-refractivity contribution in [1.82, 2.24) is 10.1 Å². The molecule has 7 heteroatoms. The van der Waals surface area contributed by atoms with E-state index in [1.807, 2.05) is 13.8 Å². The minimum Gasteiger partial charge on any atom is -0.369 e. The number of benzene rings is 1. The third-order valence-corrected chi connectivity index (χ3v) is 4.50. The standard InChI is InChI=1S/C17H20F3N3O/c1-12-16(13(2)24-21-12)11-22-7-9-23(10-8-22)15-5-3-14(4-6-15)17(18,19)20/h3-6H,7-11H2,1-2H3. The van der Waals surface area contributed by atoms with E-state index in [0.29, 0.717) is 0 Å². The van der Waals surface area contributed by atoms with Gasteiger partial charge < -0.3 is 9.42 Å². The van der Waals surface area contributed by atoms with E-state index in [4.69, 9.17) is 4.52 Å². The van der Waals surface area contributed by atoms with E-state index >= 15 is 0 Å². The zero-order chi connectivity index (χ0) is 17.3. The van der Waals surface area contributed by atoms with Crippen LogP contribution in [0.5, 0.6) is 0 Å². The van der Waals surface area contributed by atoms with Gasteiger partial charge in [-0.05, 0) is 38.1 Å². The molecule has 1 aliphatic rings. The van der Waals surface area contributed by atoms with Crippen LogP contribution in [0, 0.1) is 13.8 Å². The number of aromatic nitrogens is 1. The number of hydrogen-bond acceptors (Lipinski definition) is 4. The van der Waals surface area contributed by atoms with E-state index in [2.05, 4.69) is 15.0 Å². The smallest absolute Gasteiger partial charge is 0.369 e. The molecule has 130 valence electrons. The molecule has 0 spiro atoms. The van der Waals surface area contributed by atoms with E-state index in [1.165, 1.54) is 0 Å². The van der Waals surface area contributed by atoms with Crippen LogP contribution in [0.25, 0.3) is 0 Å². The summed E-state index contributed by atoms with van der Waals surface area (Å²) in [5.41, 5.74) is 2.26.